The Balaban J connectivity index is 2.84. The number of sulfone groups is 1. The van der Waals surface area contributed by atoms with Crippen molar-refractivity contribution < 1.29 is 12.8 Å². The molecule has 0 heterocycles. The monoisotopic (exact) mass is 194 g/mol. The van der Waals surface area contributed by atoms with Crippen molar-refractivity contribution in [3.8, 4) is 0 Å². The molecular formula is C8H15FO2S. The van der Waals surface area contributed by atoms with Crippen LogP contribution in [0.2, 0.25) is 0 Å². The average Bonchev–Trinajstić information content (AvgIpc) is 2.34. The lowest BCUT2D eigenvalue weighted by molar-refractivity contribution is 0.197. The van der Waals surface area contributed by atoms with Crippen molar-refractivity contribution in [3.05, 3.63) is 0 Å². The molecule has 0 amide bonds. The van der Waals surface area contributed by atoms with E-state index in [1.54, 1.807) is 0 Å². The Morgan fingerprint density at radius 3 is 2.08 bits per heavy atom. The van der Waals surface area contributed by atoms with E-state index in [0.29, 0.717) is 12.8 Å². The largest absolute Gasteiger partial charge is 0.226 e. The first kappa shape index (κ1) is 9.96. The standard InChI is InChI=1S/C8H15FO2S/c1-8(9,12(2,10)11)7-5-3-4-6-7/h7H,3-6H2,1-2H3. The topological polar surface area (TPSA) is 34.1 Å². The van der Waals surface area contributed by atoms with E-state index in [2.05, 4.69) is 0 Å². The van der Waals surface area contributed by atoms with E-state index in [4.69, 9.17) is 0 Å². The van der Waals surface area contributed by atoms with E-state index in [1.165, 1.54) is 6.92 Å². The van der Waals surface area contributed by atoms with Gasteiger partial charge in [-0.3, -0.25) is 0 Å². The van der Waals surface area contributed by atoms with Crippen LogP contribution in [0.25, 0.3) is 0 Å². The van der Waals surface area contributed by atoms with Gasteiger partial charge in [0.15, 0.2) is 9.84 Å². The Morgan fingerprint density at radius 1 is 1.33 bits per heavy atom. The lowest BCUT2D eigenvalue weighted by Crippen LogP contribution is -2.36. The maximum atomic E-state index is 13.7. The van der Waals surface area contributed by atoms with Crippen LogP contribution in [0.4, 0.5) is 4.39 Å². The van der Waals surface area contributed by atoms with Crippen molar-refractivity contribution in [2.24, 2.45) is 5.92 Å². The first-order valence-corrected chi connectivity index (χ1v) is 6.13. The number of hydrogen-bond acceptors (Lipinski definition) is 2. The van der Waals surface area contributed by atoms with Crippen LogP contribution in [0.3, 0.4) is 0 Å². The van der Waals surface area contributed by atoms with E-state index in [1.807, 2.05) is 0 Å². The van der Waals surface area contributed by atoms with Crippen LogP contribution in [-0.2, 0) is 9.84 Å². The van der Waals surface area contributed by atoms with Crippen molar-refractivity contribution in [2.45, 2.75) is 37.6 Å². The predicted octanol–water partition coefficient (Wildman–Crippen LogP) is 1.91. The van der Waals surface area contributed by atoms with Gasteiger partial charge in [0.2, 0.25) is 5.00 Å². The van der Waals surface area contributed by atoms with Crippen molar-refractivity contribution in [2.75, 3.05) is 6.26 Å². The van der Waals surface area contributed by atoms with Gasteiger partial charge in [-0.05, 0) is 19.8 Å². The minimum Gasteiger partial charge on any atom is -0.226 e. The molecule has 0 radical (unpaired) electrons. The van der Waals surface area contributed by atoms with Gasteiger partial charge in [0, 0.05) is 12.2 Å². The molecule has 0 aromatic heterocycles. The lowest BCUT2D eigenvalue weighted by Gasteiger charge is -2.24. The normalized spacial score (nSPS) is 25.6. The summed E-state index contributed by atoms with van der Waals surface area (Å²) in [4.78, 5) is 0. The molecule has 72 valence electrons. The fourth-order valence-electron chi connectivity index (χ4n) is 1.74. The van der Waals surface area contributed by atoms with Crippen LogP contribution < -0.4 is 0 Å². The molecule has 0 N–H and O–H groups in total. The molecule has 0 saturated heterocycles. The van der Waals surface area contributed by atoms with Gasteiger partial charge in [-0.25, -0.2) is 12.8 Å². The van der Waals surface area contributed by atoms with Crippen LogP contribution >= 0.6 is 0 Å². The summed E-state index contributed by atoms with van der Waals surface area (Å²) in [7, 11) is -3.55. The minimum absolute atomic E-state index is 0.285. The quantitative estimate of drug-likeness (QED) is 0.673. The smallest absolute Gasteiger partial charge is 0.210 e. The summed E-state index contributed by atoms with van der Waals surface area (Å²) in [5.74, 6) is -0.285. The third kappa shape index (κ3) is 1.63. The fraction of sp³-hybridized carbons (Fsp3) is 1.00. The maximum absolute atomic E-state index is 13.7. The minimum atomic E-state index is -3.55. The molecule has 0 aliphatic heterocycles. The van der Waals surface area contributed by atoms with Crippen LogP contribution in [0.1, 0.15) is 32.6 Å². The van der Waals surface area contributed by atoms with Gasteiger partial charge in [-0.2, -0.15) is 0 Å². The first-order chi connectivity index (χ1) is 5.36. The summed E-state index contributed by atoms with van der Waals surface area (Å²) in [6, 6.07) is 0. The molecule has 1 aliphatic rings. The van der Waals surface area contributed by atoms with E-state index < -0.39 is 14.8 Å². The summed E-state index contributed by atoms with van der Waals surface area (Å²) >= 11 is 0. The van der Waals surface area contributed by atoms with Gasteiger partial charge < -0.3 is 0 Å². The Morgan fingerprint density at radius 2 is 1.75 bits per heavy atom. The Labute approximate surface area is 73.1 Å². The van der Waals surface area contributed by atoms with Crippen molar-refractivity contribution in [1.29, 1.82) is 0 Å². The summed E-state index contributed by atoms with van der Waals surface area (Å²) < 4.78 is 35.8. The van der Waals surface area contributed by atoms with Gasteiger partial charge >= 0.3 is 0 Å². The molecule has 2 nitrogen and oxygen atoms in total. The summed E-state index contributed by atoms with van der Waals surface area (Å²) in [6.45, 7) is 1.19. The second kappa shape index (κ2) is 2.98. The highest BCUT2D eigenvalue weighted by molar-refractivity contribution is 7.91. The molecule has 1 saturated carbocycles. The maximum Gasteiger partial charge on any atom is 0.210 e. The number of rotatable bonds is 2. The summed E-state index contributed by atoms with van der Waals surface area (Å²) in [5, 5.41) is -2.01. The molecule has 1 unspecified atom stereocenters. The van der Waals surface area contributed by atoms with Crippen molar-refractivity contribution in [1.82, 2.24) is 0 Å². The molecule has 1 aliphatic carbocycles. The molecule has 0 bridgehead atoms. The van der Waals surface area contributed by atoms with Crippen LogP contribution in [0.15, 0.2) is 0 Å². The van der Waals surface area contributed by atoms with Gasteiger partial charge in [0.25, 0.3) is 0 Å². The summed E-state index contributed by atoms with van der Waals surface area (Å²) in [6.07, 6.45) is 4.31. The molecule has 0 aromatic rings. The molecule has 0 aromatic carbocycles. The zero-order valence-corrected chi connectivity index (χ0v) is 8.32. The highest BCUT2D eigenvalue weighted by atomic mass is 32.2. The Hall–Kier alpha value is -0.120. The molecule has 1 fully saturated rings. The number of alkyl halides is 1. The Bertz CT molecular complexity index is 250. The number of hydrogen-bond donors (Lipinski definition) is 0. The molecule has 1 rings (SSSR count). The predicted molar refractivity (Wildman–Crippen MR) is 46.3 cm³/mol. The molecular weight excluding hydrogens is 179 g/mol. The van der Waals surface area contributed by atoms with Crippen molar-refractivity contribution >= 4 is 9.84 Å². The van der Waals surface area contributed by atoms with E-state index in [-0.39, 0.29) is 5.92 Å². The van der Waals surface area contributed by atoms with Gasteiger partial charge in [-0.15, -0.1) is 0 Å². The van der Waals surface area contributed by atoms with Gasteiger partial charge in [-0.1, -0.05) is 12.8 Å². The third-order valence-corrected chi connectivity index (χ3v) is 4.59. The Kier molecular flexibility index (Phi) is 2.47. The van der Waals surface area contributed by atoms with Gasteiger partial charge in [0.1, 0.15) is 0 Å². The lowest BCUT2D eigenvalue weighted by atomic mass is 10.0. The average molecular weight is 194 g/mol. The second-order valence-electron chi connectivity index (χ2n) is 3.74. The molecule has 0 spiro atoms. The molecule has 1 atom stereocenters. The highest BCUT2D eigenvalue weighted by Crippen LogP contribution is 2.39. The zero-order valence-electron chi connectivity index (χ0n) is 7.51. The summed E-state index contributed by atoms with van der Waals surface area (Å²) in [5.41, 5.74) is 0. The van der Waals surface area contributed by atoms with E-state index in [0.717, 1.165) is 19.1 Å². The fourth-order valence-corrected chi connectivity index (χ4v) is 2.59. The third-order valence-electron chi connectivity index (χ3n) is 2.81. The van der Waals surface area contributed by atoms with E-state index >= 15 is 0 Å². The van der Waals surface area contributed by atoms with E-state index in [9.17, 15) is 12.8 Å². The molecule has 4 heteroatoms. The highest BCUT2D eigenvalue weighted by Gasteiger charge is 2.44. The van der Waals surface area contributed by atoms with Crippen molar-refractivity contribution in [3.63, 3.8) is 0 Å². The SMILES string of the molecule is CC(F)(C1CCCC1)S(C)(=O)=O. The zero-order chi connectivity index (χ0) is 9.41. The van der Waals surface area contributed by atoms with Crippen LogP contribution in [-0.4, -0.2) is 19.7 Å². The molecule has 12 heavy (non-hydrogen) atoms. The van der Waals surface area contributed by atoms with Crippen LogP contribution in [0, 0.1) is 5.92 Å². The second-order valence-corrected chi connectivity index (χ2v) is 6.08. The number of halogens is 1. The van der Waals surface area contributed by atoms with Crippen LogP contribution in [0.5, 0.6) is 0 Å². The first-order valence-electron chi connectivity index (χ1n) is 4.24. The van der Waals surface area contributed by atoms with Gasteiger partial charge in [0.05, 0.1) is 0 Å².